The number of hydrogen-bond donors (Lipinski definition) is 1. The highest BCUT2D eigenvalue weighted by Crippen LogP contribution is 2.36. The van der Waals surface area contributed by atoms with Crippen molar-refractivity contribution in [3.63, 3.8) is 0 Å². The molecule has 12 heteroatoms. The number of sulfonamides is 1. The van der Waals surface area contributed by atoms with E-state index in [1.807, 2.05) is 48.7 Å². The molecule has 1 aromatic heterocycles. The highest BCUT2D eigenvalue weighted by molar-refractivity contribution is 8.26. The molecule has 0 saturated carbocycles. The lowest BCUT2D eigenvalue weighted by Crippen LogP contribution is -2.42. The number of nitrogens with zero attached hydrogens (tertiary/aromatic N) is 4. The van der Waals surface area contributed by atoms with Gasteiger partial charge in [-0.2, -0.15) is 9.40 Å². The van der Waals surface area contributed by atoms with Gasteiger partial charge < -0.3 is 5.11 Å². The molecule has 262 valence electrons. The van der Waals surface area contributed by atoms with Gasteiger partial charge in [0.05, 0.1) is 15.5 Å². The number of carboxylic acids is 1. The first-order chi connectivity index (χ1) is 23.5. The molecule has 3 heterocycles. The first-order valence-electron chi connectivity index (χ1n) is 17.3. The predicted octanol–water partition coefficient (Wildman–Crippen LogP) is 8.00. The summed E-state index contributed by atoms with van der Waals surface area (Å²) < 4.78 is 31.5. The van der Waals surface area contributed by atoms with Crippen LogP contribution in [-0.2, 0) is 19.6 Å². The normalized spacial score (nSPS) is 19.6. The third kappa shape index (κ3) is 9.68. The summed E-state index contributed by atoms with van der Waals surface area (Å²) in [6.07, 6.45) is 12.8. The summed E-state index contributed by atoms with van der Waals surface area (Å²) >= 11 is 6.91. The smallest absolute Gasteiger partial charge is 0.303 e. The van der Waals surface area contributed by atoms with Crippen LogP contribution in [-0.4, -0.2) is 68.3 Å². The van der Waals surface area contributed by atoms with Gasteiger partial charge in [-0.05, 0) is 61.4 Å². The topological polar surface area (TPSA) is 113 Å². The van der Waals surface area contributed by atoms with Crippen LogP contribution >= 0.6 is 24.0 Å². The van der Waals surface area contributed by atoms with Crippen molar-refractivity contribution in [1.82, 2.24) is 19.0 Å². The monoisotopic (exact) mass is 722 g/mol. The largest absolute Gasteiger partial charge is 0.481 e. The van der Waals surface area contributed by atoms with Crippen molar-refractivity contribution in [2.75, 3.05) is 19.6 Å². The first-order valence-corrected chi connectivity index (χ1v) is 19.9. The molecule has 2 aromatic carbocycles. The summed E-state index contributed by atoms with van der Waals surface area (Å²) in [4.78, 5) is 26.6. The minimum absolute atomic E-state index is 0.128. The Kier molecular flexibility index (Phi) is 12.9. The van der Waals surface area contributed by atoms with Gasteiger partial charge in [0.25, 0.3) is 5.91 Å². The molecule has 5 rings (SSSR count). The number of carbonyl (C=O) groups is 2. The van der Waals surface area contributed by atoms with Crippen LogP contribution in [0.1, 0.15) is 83.6 Å². The van der Waals surface area contributed by atoms with Gasteiger partial charge in [-0.1, -0.05) is 107 Å². The minimum Gasteiger partial charge on any atom is -0.481 e. The average molecular weight is 723 g/mol. The molecule has 0 spiro atoms. The molecular weight excluding hydrogens is 677 g/mol. The second-order valence-electron chi connectivity index (χ2n) is 13.3. The second-order valence-corrected chi connectivity index (χ2v) is 16.9. The Morgan fingerprint density at radius 3 is 2.29 bits per heavy atom. The molecular formula is C37H46N4O5S3. The number of unbranched alkanes of at least 4 members (excludes halogenated alkanes) is 7. The minimum atomic E-state index is -3.70. The molecule has 9 nitrogen and oxygen atoms in total. The highest BCUT2D eigenvalue weighted by atomic mass is 32.2. The number of para-hydroxylation sites is 1. The van der Waals surface area contributed by atoms with E-state index in [9.17, 15) is 18.0 Å². The number of thiocarbonyl (C=S) groups is 1. The Balaban J connectivity index is 1.31. The fourth-order valence-electron chi connectivity index (χ4n) is 6.63. The number of amides is 1. The van der Waals surface area contributed by atoms with E-state index in [1.165, 1.54) is 11.8 Å². The van der Waals surface area contributed by atoms with Crippen molar-refractivity contribution in [1.29, 1.82) is 0 Å². The summed E-state index contributed by atoms with van der Waals surface area (Å²) in [6.45, 7) is 5.75. The second kappa shape index (κ2) is 17.1. The highest BCUT2D eigenvalue weighted by Gasteiger charge is 2.33. The maximum absolute atomic E-state index is 13.8. The van der Waals surface area contributed by atoms with Crippen molar-refractivity contribution in [2.24, 2.45) is 11.8 Å². The third-order valence-electron chi connectivity index (χ3n) is 9.03. The van der Waals surface area contributed by atoms with Gasteiger partial charge in [0.15, 0.2) is 0 Å². The van der Waals surface area contributed by atoms with Crippen LogP contribution in [0.5, 0.6) is 0 Å². The number of thioether (sulfide) groups is 1. The summed E-state index contributed by atoms with van der Waals surface area (Å²) in [5.74, 6) is -0.274. The van der Waals surface area contributed by atoms with Crippen LogP contribution in [0.3, 0.4) is 0 Å². The van der Waals surface area contributed by atoms with Crippen molar-refractivity contribution < 1.29 is 23.1 Å². The first kappa shape index (κ1) is 36.9. The van der Waals surface area contributed by atoms with Crippen LogP contribution in [0.4, 0.5) is 0 Å². The lowest BCUT2D eigenvalue weighted by Gasteiger charge is -2.34. The molecule has 2 atom stereocenters. The Labute approximate surface area is 299 Å². The molecule has 2 saturated heterocycles. The van der Waals surface area contributed by atoms with Crippen molar-refractivity contribution in [2.45, 2.75) is 83.0 Å². The van der Waals surface area contributed by atoms with Gasteiger partial charge in [0, 0.05) is 43.4 Å². The molecule has 2 aliphatic heterocycles. The Morgan fingerprint density at radius 1 is 0.959 bits per heavy atom. The van der Waals surface area contributed by atoms with Gasteiger partial charge in [-0.15, -0.1) is 0 Å². The molecule has 2 unspecified atom stereocenters. The quantitative estimate of drug-likeness (QED) is 0.0900. The Bertz CT molecular complexity index is 1760. The molecule has 49 heavy (non-hydrogen) atoms. The predicted molar refractivity (Wildman–Crippen MR) is 200 cm³/mol. The number of aromatic nitrogens is 2. The van der Waals surface area contributed by atoms with Crippen LogP contribution in [0.2, 0.25) is 0 Å². The number of rotatable bonds is 16. The van der Waals surface area contributed by atoms with Crippen LogP contribution in [0.25, 0.3) is 23.0 Å². The fourth-order valence-corrected chi connectivity index (χ4v) is 9.65. The molecule has 0 bridgehead atoms. The Morgan fingerprint density at radius 2 is 1.61 bits per heavy atom. The summed E-state index contributed by atoms with van der Waals surface area (Å²) in [5.41, 5.74) is 2.77. The Hall–Kier alpha value is -3.32. The van der Waals surface area contributed by atoms with Gasteiger partial charge in [0.2, 0.25) is 10.0 Å². The zero-order valence-corrected chi connectivity index (χ0v) is 30.7. The number of hydrogen-bond acceptors (Lipinski definition) is 7. The number of carboxylic acid groups (broad SMARTS) is 1. The van der Waals surface area contributed by atoms with Crippen molar-refractivity contribution in [3.05, 3.63) is 71.3 Å². The van der Waals surface area contributed by atoms with E-state index in [0.29, 0.717) is 57.5 Å². The molecule has 0 radical (unpaired) electrons. The fraction of sp³-hybridized carbons (Fsp3) is 0.459. The number of benzene rings is 2. The zero-order chi connectivity index (χ0) is 35.0. The SMILES string of the molecule is CC1CC(C)CN(S(=O)(=O)c2cccc(-c3nn(-c4ccccc4)cc3C=C3SC(=S)N(CCCCCCCCCCC(=O)O)C3=O)c2)C1. The summed E-state index contributed by atoms with van der Waals surface area (Å²) in [6, 6.07) is 16.6. The number of aliphatic carboxylic acids is 1. The number of piperidine rings is 1. The molecule has 3 aromatic rings. The van der Waals surface area contributed by atoms with Gasteiger partial charge in [-0.3, -0.25) is 14.5 Å². The molecule has 0 aliphatic carbocycles. The average Bonchev–Trinajstić information content (AvgIpc) is 3.61. The van der Waals surface area contributed by atoms with Gasteiger partial charge >= 0.3 is 5.97 Å². The summed E-state index contributed by atoms with van der Waals surface area (Å²) in [5, 5.41) is 13.6. The van der Waals surface area contributed by atoms with E-state index in [1.54, 1.807) is 32.1 Å². The van der Waals surface area contributed by atoms with Crippen molar-refractivity contribution in [3.8, 4) is 16.9 Å². The van der Waals surface area contributed by atoms with Crippen LogP contribution in [0.15, 0.2) is 70.6 Å². The van der Waals surface area contributed by atoms with Crippen LogP contribution in [0, 0.1) is 11.8 Å². The summed E-state index contributed by atoms with van der Waals surface area (Å²) in [7, 11) is -3.70. The van der Waals surface area contributed by atoms with E-state index < -0.39 is 16.0 Å². The van der Waals surface area contributed by atoms with E-state index in [0.717, 1.165) is 63.5 Å². The van der Waals surface area contributed by atoms with Crippen LogP contribution < -0.4 is 0 Å². The van der Waals surface area contributed by atoms with Crippen molar-refractivity contribution >= 4 is 56.3 Å². The standard InChI is InChI=1S/C37H46N4O5S3/c1-27-21-28(2)25-39(24-27)49(45,46)32-18-14-15-29(22-32)35-30(26-41(38-35)31-16-10-9-11-17-31)23-33-36(44)40(37(47)48-33)20-13-8-6-4-3-5-7-12-19-34(42)43/h9-11,14-18,22-23,26-28H,3-8,12-13,19-21,24-25H2,1-2H3,(H,42,43). The van der Waals surface area contributed by atoms with E-state index in [2.05, 4.69) is 13.8 Å². The number of carbonyl (C=O) groups excluding carboxylic acids is 1. The maximum atomic E-state index is 13.8. The van der Waals surface area contributed by atoms with Gasteiger partial charge in [0.1, 0.15) is 10.0 Å². The maximum Gasteiger partial charge on any atom is 0.303 e. The van der Waals surface area contributed by atoms with E-state index in [-0.39, 0.29) is 17.2 Å². The zero-order valence-electron chi connectivity index (χ0n) is 28.3. The van der Waals surface area contributed by atoms with E-state index in [4.69, 9.17) is 22.4 Å². The molecule has 1 amide bonds. The van der Waals surface area contributed by atoms with E-state index >= 15 is 0 Å². The lowest BCUT2D eigenvalue weighted by molar-refractivity contribution is -0.137. The lowest BCUT2D eigenvalue weighted by atomic mass is 9.94. The van der Waals surface area contributed by atoms with Gasteiger partial charge in [-0.25, -0.2) is 13.1 Å². The third-order valence-corrected chi connectivity index (χ3v) is 12.2. The molecule has 1 N–H and O–H groups in total. The molecule has 2 aliphatic rings. The molecule has 2 fully saturated rings.